The van der Waals surface area contributed by atoms with E-state index in [4.69, 9.17) is 0 Å². The third-order valence-electron chi connectivity index (χ3n) is 6.24. The second-order valence-corrected chi connectivity index (χ2v) is 9.62. The number of carboxylic acids is 1. The molecule has 4 rings (SSSR count). The molecule has 0 bridgehead atoms. The molecular weight excluding hydrogens is 466 g/mol. The molecule has 1 amide bonds. The van der Waals surface area contributed by atoms with Crippen LogP contribution in [0.25, 0.3) is 33.4 Å². The quantitative estimate of drug-likeness (QED) is 0.264. The van der Waals surface area contributed by atoms with Gasteiger partial charge in [0.05, 0.1) is 0 Å². The van der Waals surface area contributed by atoms with Crippen LogP contribution >= 0.6 is 11.8 Å². The lowest BCUT2D eigenvalue weighted by atomic mass is 9.89. The third kappa shape index (κ3) is 5.69. The second kappa shape index (κ2) is 11.7. The maximum atomic E-state index is 13.4. The monoisotopic (exact) mass is 495 g/mol. The Kier molecular flexibility index (Phi) is 8.24. The lowest BCUT2D eigenvalue weighted by molar-refractivity contribution is -0.139. The van der Waals surface area contributed by atoms with Gasteiger partial charge in [0.25, 0.3) is 5.91 Å². The van der Waals surface area contributed by atoms with Crippen molar-refractivity contribution in [3.05, 3.63) is 108 Å². The highest BCUT2D eigenvalue weighted by atomic mass is 32.2. The maximum Gasteiger partial charge on any atom is 0.326 e. The molecule has 0 aliphatic heterocycles. The Bertz CT molecular complexity index is 1370. The zero-order valence-electron chi connectivity index (χ0n) is 20.4. The molecule has 0 aliphatic carbocycles. The standard InChI is InChI=1S/C31H29NO3S/c1-21-10-6-7-13-24(21)28-20-23(26-15-9-8-14-25(26)22-11-4-3-5-12-22)16-17-27(28)30(33)32-29(31(34)35)18-19-36-2/h3-17,20,29H,18-19H2,1-2H3,(H,32,33)(H,34,35)/t29-/m0/s1. The summed E-state index contributed by atoms with van der Waals surface area (Å²) in [5.41, 5.74) is 7.49. The first kappa shape index (κ1) is 25.3. The SMILES string of the molecule is CSCC[C@H](NC(=O)c1ccc(-c2ccccc2-c2ccccc2)cc1-c1ccccc1C)C(=O)O. The first-order valence-electron chi connectivity index (χ1n) is 11.9. The number of hydrogen-bond acceptors (Lipinski definition) is 3. The fraction of sp³-hybridized carbons (Fsp3) is 0.161. The van der Waals surface area contributed by atoms with Gasteiger partial charge in [-0.1, -0.05) is 84.9 Å². The van der Waals surface area contributed by atoms with E-state index in [-0.39, 0.29) is 5.91 Å². The third-order valence-corrected chi connectivity index (χ3v) is 6.88. The number of nitrogens with one attached hydrogen (secondary N) is 1. The van der Waals surface area contributed by atoms with Crippen molar-refractivity contribution in [2.45, 2.75) is 19.4 Å². The van der Waals surface area contributed by atoms with Crippen molar-refractivity contribution >= 4 is 23.6 Å². The van der Waals surface area contributed by atoms with Crippen molar-refractivity contribution in [3.8, 4) is 33.4 Å². The minimum absolute atomic E-state index is 0.366. The van der Waals surface area contributed by atoms with Crippen LogP contribution in [0.4, 0.5) is 0 Å². The van der Waals surface area contributed by atoms with Crippen LogP contribution in [-0.2, 0) is 4.79 Å². The molecule has 0 heterocycles. The predicted molar refractivity (Wildman–Crippen MR) is 149 cm³/mol. The number of hydrogen-bond donors (Lipinski definition) is 2. The highest BCUT2D eigenvalue weighted by Gasteiger charge is 2.23. The summed E-state index contributed by atoms with van der Waals surface area (Å²) in [6.07, 6.45) is 2.29. The fourth-order valence-electron chi connectivity index (χ4n) is 4.34. The van der Waals surface area contributed by atoms with E-state index in [1.807, 2.05) is 86.0 Å². The summed E-state index contributed by atoms with van der Waals surface area (Å²) >= 11 is 1.56. The van der Waals surface area contributed by atoms with Gasteiger partial charge in [-0.25, -0.2) is 4.79 Å². The summed E-state index contributed by atoms with van der Waals surface area (Å²) in [5.74, 6) is -0.759. The molecule has 0 radical (unpaired) electrons. The molecule has 4 nitrogen and oxygen atoms in total. The van der Waals surface area contributed by atoms with Crippen LogP contribution in [-0.4, -0.2) is 35.0 Å². The lowest BCUT2D eigenvalue weighted by Gasteiger charge is -2.18. The molecule has 0 saturated heterocycles. The van der Waals surface area contributed by atoms with E-state index < -0.39 is 12.0 Å². The van der Waals surface area contributed by atoms with Crippen LogP contribution in [0.5, 0.6) is 0 Å². The summed E-state index contributed by atoms with van der Waals surface area (Å²) in [5, 5.41) is 12.4. The average Bonchev–Trinajstić information content (AvgIpc) is 2.91. The fourth-order valence-corrected chi connectivity index (χ4v) is 4.81. The maximum absolute atomic E-state index is 13.4. The zero-order valence-corrected chi connectivity index (χ0v) is 21.2. The van der Waals surface area contributed by atoms with Gasteiger partial charge in [0.2, 0.25) is 0 Å². The summed E-state index contributed by atoms with van der Waals surface area (Å²) in [4.78, 5) is 25.2. The Morgan fingerprint density at radius 3 is 2.03 bits per heavy atom. The number of aryl methyl sites for hydroxylation is 1. The minimum atomic E-state index is -1.02. The van der Waals surface area contributed by atoms with Crippen LogP contribution in [0.15, 0.2) is 97.1 Å². The van der Waals surface area contributed by atoms with Crippen molar-refractivity contribution in [1.82, 2.24) is 5.32 Å². The van der Waals surface area contributed by atoms with Crippen molar-refractivity contribution in [1.29, 1.82) is 0 Å². The van der Waals surface area contributed by atoms with Crippen LogP contribution in [0.1, 0.15) is 22.3 Å². The average molecular weight is 496 g/mol. The van der Waals surface area contributed by atoms with Crippen molar-refractivity contribution in [2.24, 2.45) is 0 Å². The topological polar surface area (TPSA) is 66.4 Å². The number of carbonyl (C=O) groups is 2. The van der Waals surface area contributed by atoms with Gasteiger partial charge in [-0.3, -0.25) is 4.79 Å². The van der Waals surface area contributed by atoms with Crippen molar-refractivity contribution < 1.29 is 14.7 Å². The number of carboxylic acid groups (broad SMARTS) is 1. The van der Waals surface area contributed by atoms with Crippen LogP contribution in [0.3, 0.4) is 0 Å². The van der Waals surface area contributed by atoms with Crippen LogP contribution in [0, 0.1) is 6.92 Å². The zero-order chi connectivity index (χ0) is 25.5. The van der Waals surface area contributed by atoms with E-state index in [2.05, 4.69) is 29.6 Å². The minimum Gasteiger partial charge on any atom is -0.480 e. The largest absolute Gasteiger partial charge is 0.480 e. The lowest BCUT2D eigenvalue weighted by Crippen LogP contribution is -2.41. The number of benzene rings is 4. The van der Waals surface area contributed by atoms with Gasteiger partial charge in [-0.2, -0.15) is 11.8 Å². The molecule has 0 saturated carbocycles. The molecule has 0 unspecified atom stereocenters. The van der Waals surface area contributed by atoms with E-state index in [1.54, 1.807) is 11.8 Å². The number of thioether (sulfide) groups is 1. The molecule has 4 aromatic rings. The first-order chi connectivity index (χ1) is 17.5. The molecule has 36 heavy (non-hydrogen) atoms. The Morgan fingerprint density at radius 1 is 0.778 bits per heavy atom. The molecule has 182 valence electrons. The molecule has 0 fully saturated rings. The summed E-state index contributed by atoms with van der Waals surface area (Å²) in [6, 6.07) is 31.2. The Balaban J connectivity index is 1.82. The van der Waals surface area contributed by atoms with E-state index in [0.717, 1.165) is 38.9 Å². The Hall–Kier alpha value is -3.83. The molecular formula is C31H29NO3S. The number of rotatable bonds is 9. The van der Waals surface area contributed by atoms with Gasteiger partial charge < -0.3 is 10.4 Å². The first-order valence-corrected chi connectivity index (χ1v) is 13.3. The molecule has 5 heteroatoms. The van der Waals surface area contributed by atoms with E-state index in [9.17, 15) is 14.7 Å². The van der Waals surface area contributed by atoms with Crippen LogP contribution in [0.2, 0.25) is 0 Å². The molecule has 1 atom stereocenters. The van der Waals surface area contributed by atoms with Gasteiger partial charge in [0.1, 0.15) is 6.04 Å². The van der Waals surface area contributed by atoms with Gasteiger partial charge >= 0.3 is 5.97 Å². The highest BCUT2D eigenvalue weighted by Crippen LogP contribution is 2.36. The van der Waals surface area contributed by atoms with Gasteiger partial charge in [-0.05, 0) is 76.4 Å². The Morgan fingerprint density at radius 2 is 1.39 bits per heavy atom. The van der Waals surface area contributed by atoms with Crippen molar-refractivity contribution in [3.63, 3.8) is 0 Å². The molecule has 0 aromatic heterocycles. The second-order valence-electron chi connectivity index (χ2n) is 8.63. The van der Waals surface area contributed by atoms with E-state index >= 15 is 0 Å². The number of aliphatic carboxylic acids is 1. The summed E-state index contributed by atoms with van der Waals surface area (Å²) < 4.78 is 0. The smallest absolute Gasteiger partial charge is 0.326 e. The molecule has 0 spiro atoms. The molecule has 0 aliphatic rings. The molecule has 2 N–H and O–H groups in total. The number of amides is 1. The number of carbonyl (C=O) groups excluding carboxylic acids is 1. The normalized spacial score (nSPS) is 11.6. The van der Waals surface area contributed by atoms with E-state index in [0.29, 0.717) is 17.7 Å². The predicted octanol–water partition coefficient (Wildman–Crippen LogP) is 6.93. The van der Waals surface area contributed by atoms with Crippen molar-refractivity contribution in [2.75, 3.05) is 12.0 Å². The Labute approximate surface area is 216 Å². The van der Waals surface area contributed by atoms with E-state index in [1.165, 1.54) is 0 Å². The van der Waals surface area contributed by atoms with Gasteiger partial charge in [-0.15, -0.1) is 0 Å². The van der Waals surface area contributed by atoms with Crippen LogP contribution < -0.4 is 5.32 Å². The summed E-state index contributed by atoms with van der Waals surface area (Å²) in [7, 11) is 0. The summed E-state index contributed by atoms with van der Waals surface area (Å²) in [6.45, 7) is 2.01. The highest BCUT2D eigenvalue weighted by molar-refractivity contribution is 7.98. The van der Waals surface area contributed by atoms with Gasteiger partial charge in [0.15, 0.2) is 0 Å². The molecule has 4 aromatic carbocycles. The van der Waals surface area contributed by atoms with Gasteiger partial charge in [0, 0.05) is 5.56 Å².